The molecule has 4 atom stereocenters. The van der Waals surface area contributed by atoms with Gasteiger partial charge in [-0.1, -0.05) is 11.6 Å². The summed E-state index contributed by atoms with van der Waals surface area (Å²) >= 11 is 6.28. The summed E-state index contributed by atoms with van der Waals surface area (Å²) in [5.74, 6) is -6.06. The molecule has 2 bridgehead atoms. The molecular weight excluding hydrogens is 531 g/mol. The third-order valence-corrected chi connectivity index (χ3v) is 10.1. The third-order valence-electron chi connectivity index (χ3n) is 7.26. The lowest BCUT2D eigenvalue weighted by Gasteiger charge is -2.41. The summed E-state index contributed by atoms with van der Waals surface area (Å²) in [4.78, 5) is 16.5. The standard InChI is InChI=1S/C25H23ClF3N3O4S/c26-18-4-3-14(24(33)31-17-8-19(27)22(29)20(28)9-17)7-21(18)37(35,36)23-15-1-2-16(23)11-25(34,10-15)12-32-6-5-30-13-32/h3-9,13,15-16,23,34H,1-2,10-12H2,(H,31,33)/t15-,16?,23?,25+/m0/s1. The third kappa shape index (κ3) is 4.87. The van der Waals surface area contributed by atoms with Gasteiger partial charge in [0.1, 0.15) is 0 Å². The molecule has 2 aromatic carbocycles. The summed E-state index contributed by atoms with van der Waals surface area (Å²) in [7, 11) is -4.00. The number of hydrogen-bond acceptors (Lipinski definition) is 5. The molecule has 1 aromatic heterocycles. The zero-order chi connectivity index (χ0) is 26.5. The maximum Gasteiger partial charge on any atom is 0.255 e. The number of halogens is 4. The second-order valence-corrected chi connectivity index (χ2v) is 12.3. The van der Waals surface area contributed by atoms with E-state index in [0.717, 1.165) is 6.07 Å². The van der Waals surface area contributed by atoms with Gasteiger partial charge < -0.3 is 15.0 Å². The van der Waals surface area contributed by atoms with Gasteiger partial charge in [-0.2, -0.15) is 0 Å². The lowest BCUT2D eigenvalue weighted by Crippen LogP contribution is -2.48. The molecule has 37 heavy (non-hydrogen) atoms. The Labute approximate surface area is 216 Å². The molecule has 0 spiro atoms. The first-order chi connectivity index (χ1) is 17.5. The first-order valence-corrected chi connectivity index (χ1v) is 13.6. The highest BCUT2D eigenvalue weighted by Crippen LogP contribution is 2.51. The summed E-state index contributed by atoms with van der Waals surface area (Å²) in [6, 6.07) is 4.93. The molecule has 5 rings (SSSR count). The number of nitrogens with one attached hydrogen (secondary N) is 1. The Morgan fingerprint density at radius 1 is 1.14 bits per heavy atom. The van der Waals surface area contributed by atoms with E-state index < -0.39 is 44.0 Å². The van der Waals surface area contributed by atoms with E-state index in [1.54, 1.807) is 23.3 Å². The van der Waals surface area contributed by atoms with Crippen LogP contribution in [0.25, 0.3) is 0 Å². The number of anilines is 1. The van der Waals surface area contributed by atoms with Crippen LogP contribution in [0.4, 0.5) is 18.9 Å². The minimum Gasteiger partial charge on any atom is -0.388 e. The smallest absolute Gasteiger partial charge is 0.255 e. The number of carbonyl (C=O) groups is 1. The van der Waals surface area contributed by atoms with Crippen molar-refractivity contribution in [2.75, 3.05) is 5.32 Å². The van der Waals surface area contributed by atoms with Crippen molar-refractivity contribution in [1.82, 2.24) is 9.55 Å². The Bertz CT molecular complexity index is 1430. The van der Waals surface area contributed by atoms with Crippen LogP contribution in [0.5, 0.6) is 0 Å². The highest BCUT2D eigenvalue weighted by atomic mass is 35.5. The Balaban J connectivity index is 1.39. The predicted molar refractivity (Wildman–Crippen MR) is 129 cm³/mol. The Hall–Kier alpha value is -2.89. The number of imidazole rings is 1. The molecule has 0 saturated heterocycles. The average Bonchev–Trinajstić information content (AvgIpc) is 3.43. The van der Waals surface area contributed by atoms with Crippen molar-refractivity contribution in [3.05, 3.63) is 77.1 Å². The van der Waals surface area contributed by atoms with Crippen molar-refractivity contribution >= 4 is 33.0 Å². The number of carbonyl (C=O) groups excluding carboxylic acids is 1. The molecule has 0 radical (unpaired) electrons. The van der Waals surface area contributed by atoms with Crippen LogP contribution in [-0.4, -0.2) is 39.8 Å². The van der Waals surface area contributed by atoms with Crippen LogP contribution in [0, 0.1) is 29.3 Å². The molecule has 3 aromatic rings. The summed E-state index contributed by atoms with van der Waals surface area (Å²) in [6.07, 6.45) is 6.83. The zero-order valence-corrected chi connectivity index (χ0v) is 20.9. The van der Waals surface area contributed by atoms with Gasteiger partial charge >= 0.3 is 0 Å². The predicted octanol–water partition coefficient (Wildman–Crippen LogP) is 4.60. The fraction of sp³-hybridized carbons (Fsp3) is 0.360. The van der Waals surface area contributed by atoms with Crippen LogP contribution in [0.2, 0.25) is 5.02 Å². The molecule has 2 unspecified atom stereocenters. The van der Waals surface area contributed by atoms with Gasteiger partial charge in [0, 0.05) is 35.8 Å². The molecule has 2 aliphatic rings. The first-order valence-electron chi connectivity index (χ1n) is 11.6. The largest absolute Gasteiger partial charge is 0.388 e. The Morgan fingerprint density at radius 3 is 2.38 bits per heavy atom. The molecule has 2 aliphatic carbocycles. The number of aromatic nitrogens is 2. The average molecular weight is 554 g/mol. The summed E-state index contributed by atoms with van der Waals surface area (Å²) < 4.78 is 69.7. The van der Waals surface area contributed by atoms with E-state index in [2.05, 4.69) is 10.3 Å². The van der Waals surface area contributed by atoms with E-state index in [1.807, 2.05) is 0 Å². The van der Waals surface area contributed by atoms with E-state index in [1.165, 1.54) is 12.1 Å². The molecule has 2 saturated carbocycles. The minimum absolute atomic E-state index is 0.0610. The molecule has 1 amide bonds. The van der Waals surface area contributed by atoms with Gasteiger partial charge in [-0.3, -0.25) is 4.79 Å². The van der Waals surface area contributed by atoms with Crippen molar-refractivity contribution in [1.29, 1.82) is 0 Å². The number of fused-ring (bicyclic) bond motifs is 2. The fourth-order valence-electron chi connectivity index (χ4n) is 5.83. The van der Waals surface area contributed by atoms with Gasteiger partial charge in [0.2, 0.25) is 0 Å². The fourth-order valence-corrected chi connectivity index (χ4v) is 8.68. The monoisotopic (exact) mass is 553 g/mol. The second-order valence-electron chi connectivity index (χ2n) is 9.83. The molecule has 0 aliphatic heterocycles. The van der Waals surface area contributed by atoms with Gasteiger partial charge in [0.25, 0.3) is 5.91 Å². The van der Waals surface area contributed by atoms with E-state index in [4.69, 9.17) is 11.6 Å². The van der Waals surface area contributed by atoms with Gasteiger partial charge in [0.15, 0.2) is 27.3 Å². The van der Waals surface area contributed by atoms with Crippen molar-refractivity contribution in [3.8, 4) is 0 Å². The molecule has 12 heteroatoms. The number of nitrogens with zero attached hydrogens (tertiary/aromatic N) is 2. The molecule has 1 heterocycles. The maximum atomic E-state index is 13.8. The van der Waals surface area contributed by atoms with Gasteiger partial charge in [-0.05, 0) is 55.7 Å². The number of amides is 1. The summed E-state index contributed by atoms with van der Waals surface area (Å²) in [5.41, 5.74) is -1.50. The first kappa shape index (κ1) is 25.7. The van der Waals surface area contributed by atoms with Gasteiger partial charge in [-0.25, -0.2) is 26.6 Å². The van der Waals surface area contributed by atoms with Crippen molar-refractivity contribution < 1.29 is 31.5 Å². The SMILES string of the molecule is O=C(Nc1cc(F)c(F)c(F)c1)c1ccc(Cl)c(S(=O)(=O)C2C3CC[C@H]2C[C@](O)(Cn2ccnc2)C3)c1. The van der Waals surface area contributed by atoms with Crippen molar-refractivity contribution in [3.63, 3.8) is 0 Å². The zero-order valence-electron chi connectivity index (χ0n) is 19.4. The van der Waals surface area contributed by atoms with Gasteiger partial charge in [-0.15, -0.1) is 0 Å². The van der Waals surface area contributed by atoms with E-state index in [9.17, 15) is 31.5 Å². The second kappa shape index (κ2) is 9.45. The van der Waals surface area contributed by atoms with Crippen LogP contribution >= 0.6 is 11.6 Å². The summed E-state index contributed by atoms with van der Waals surface area (Å²) in [5, 5.41) is 12.7. The molecular formula is C25H23ClF3N3O4S. The Morgan fingerprint density at radius 2 is 1.78 bits per heavy atom. The molecule has 2 fully saturated rings. The van der Waals surface area contributed by atoms with Crippen molar-refractivity contribution in [2.45, 2.75) is 48.0 Å². The number of benzene rings is 2. The van der Waals surface area contributed by atoms with E-state index in [-0.39, 0.29) is 33.0 Å². The molecule has 7 nitrogen and oxygen atoms in total. The lowest BCUT2D eigenvalue weighted by molar-refractivity contribution is -0.0329. The van der Waals surface area contributed by atoms with Gasteiger partial charge in [0.05, 0.1) is 33.6 Å². The summed E-state index contributed by atoms with van der Waals surface area (Å²) in [6.45, 7) is 0.313. The normalized spacial score (nSPS) is 25.3. The van der Waals surface area contributed by atoms with Crippen LogP contribution in [0.3, 0.4) is 0 Å². The van der Waals surface area contributed by atoms with Crippen molar-refractivity contribution in [2.24, 2.45) is 11.8 Å². The number of hydrogen-bond donors (Lipinski definition) is 2. The maximum absolute atomic E-state index is 13.8. The van der Waals surface area contributed by atoms with Crippen LogP contribution in [0.1, 0.15) is 36.0 Å². The quantitative estimate of drug-likeness (QED) is 0.435. The minimum atomic E-state index is -4.00. The number of sulfone groups is 1. The van der Waals surface area contributed by atoms with Crippen LogP contribution in [-0.2, 0) is 16.4 Å². The highest BCUT2D eigenvalue weighted by Gasteiger charge is 2.54. The molecule has 196 valence electrons. The number of rotatable bonds is 6. The lowest BCUT2D eigenvalue weighted by atomic mass is 9.77. The van der Waals surface area contributed by atoms with Crippen LogP contribution < -0.4 is 5.32 Å². The Kier molecular flexibility index (Phi) is 6.57. The van der Waals surface area contributed by atoms with E-state index in [0.29, 0.717) is 44.4 Å². The topological polar surface area (TPSA) is 101 Å². The molecule has 2 N–H and O–H groups in total. The highest BCUT2D eigenvalue weighted by molar-refractivity contribution is 7.92. The van der Waals surface area contributed by atoms with E-state index >= 15 is 0 Å². The number of aliphatic hydroxyl groups is 1. The van der Waals surface area contributed by atoms with Crippen LogP contribution in [0.15, 0.2) is 53.9 Å².